The molecule has 6 nitrogen and oxygen atoms in total. The first kappa shape index (κ1) is 48.2. The Kier molecular flexibility index (Phi) is 20.2. The fourth-order valence-corrected chi connectivity index (χ4v) is 8.56. The van der Waals surface area contributed by atoms with Crippen LogP contribution in [-0.4, -0.2) is 58.5 Å². The minimum atomic E-state index is -0.0769. The van der Waals surface area contributed by atoms with E-state index in [0.717, 1.165) is 112 Å². The number of aliphatic hydroxyl groups is 1. The number of carbonyl (C=O) groups excluding carboxylic acids is 1. The van der Waals surface area contributed by atoms with Crippen LogP contribution in [0.5, 0.6) is 0 Å². The third-order valence-electron chi connectivity index (χ3n) is 12.5. The van der Waals surface area contributed by atoms with E-state index in [9.17, 15) is 9.90 Å². The van der Waals surface area contributed by atoms with E-state index >= 15 is 0 Å². The van der Waals surface area contributed by atoms with Crippen molar-refractivity contribution < 1.29 is 14.5 Å². The van der Waals surface area contributed by atoms with Crippen LogP contribution in [0.25, 0.3) is 23.8 Å². The van der Waals surface area contributed by atoms with Crippen LogP contribution in [0.1, 0.15) is 167 Å². The summed E-state index contributed by atoms with van der Waals surface area (Å²) in [6.45, 7) is 19.5. The van der Waals surface area contributed by atoms with E-state index < -0.39 is 0 Å². The van der Waals surface area contributed by atoms with Gasteiger partial charge in [0.1, 0.15) is 17.9 Å². The Labute approximate surface area is 376 Å². The molecule has 0 bridgehead atoms. The fraction of sp³-hybridized carbons (Fsp3) is 0.500. The Morgan fingerprint density at radius 1 is 0.532 bits per heavy atom. The summed E-state index contributed by atoms with van der Waals surface area (Å²) in [5, 5.41) is 11.9. The van der Waals surface area contributed by atoms with E-state index in [2.05, 4.69) is 145 Å². The fourth-order valence-electron chi connectivity index (χ4n) is 8.56. The van der Waals surface area contributed by atoms with E-state index in [4.69, 9.17) is 0 Å². The van der Waals surface area contributed by atoms with Crippen molar-refractivity contribution in [2.75, 3.05) is 42.5 Å². The standard InChI is InChI=1S/C56H78N4O2/c1-7-13-19-21-43-59-49(33-27-45-23-29-47(30-24-45)57(39-15-9-3)40-16-10-4)35-37-51(59)53-55(61)54(56(53)62)52-38-36-50(60(52)44-22-20-14-8-2)34-28-46-25-31-48(32-26-46)58(41-17-11-5)42-18-12-6/h23-38H,7-22,39-44H2,1-6H3/p+1. The van der Waals surface area contributed by atoms with Crippen LogP contribution in [0, 0.1) is 0 Å². The summed E-state index contributed by atoms with van der Waals surface area (Å²) in [4.78, 5) is 19.4. The molecule has 0 spiro atoms. The molecule has 6 heteroatoms. The minimum absolute atomic E-state index is 0.0769. The molecule has 1 N–H and O–H groups in total. The lowest BCUT2D eigenvalue weighted by Gasteiger charge is -2.24. The van der Waals surface area contributed by atoms with Crippen LogP contribution in [0.4, 0.5) is 11.4 Å². The van der Waals surface area contributed by atoms with Gasteiger partial charge >= 0.3 is 0 Å². The van der Waals surface area contributed by atoms with E-state index in [1.807, 2.05) is 12.1 Å². The maximum Gasteiger partial charge on any atom is 0.221 e. The molecule has 0 radical (unpaired) electrons. The van der Waals surface area contributed by atoms with Crippen molar-refractivity contribution in [2.24, 2.45) is 0 Å². The molecule has 0 atom stereocenters. The topological polar surface area (TPSA) is 51.7 Å². The summed E-state index contributed by atoms with van der Waals surface area (Å²) in [6, 6.07) is 22.0. The van der Waals surface area contributed by atoms with Gasteiger partial charge in [-0.1, -0.05) is 130 Å². The maximum atomic E-state index is 14.3. The molecule has 334 valence electrons. The summed E-state index contributed by atoms with van der Waals surface area (Å²) in [5.74, 6) is 0.0337. The number of carbonyl (C=O) groups is 1. The Morgan fingerprint density at radius 2 is 1.03 bits per heavy atom. The number of allylic oxidation sites excluding steroid dienone is 5. The van der Waals surface area contributed by atoms with Gasteiger partial charge < -0.3 is 19.5 Å². The van der Waals surface area contributed by atoms with Crippen LogP contribution in [-0.2, 0) is 11.3 Å². The first-order chi connectivity index (χ1) is 30.4. The molecule has 1 aromatic heterocycles. The van der Waals surface area contributed by atoms with Gasteiger partial charge in [-0.15, -0.1) is 0 Å². The molecule has 62 heavy (non-hydrogen) atoms. The number of ketones is 1. The van der Waals surface area contributed by atoms with Gasteiger partial charge in [0.25, 0.3) is 0 Å². The van der Waals surface area contributed by atoms with Crippen LogP contribution >= 0.6 is 0 Å². The number of unbranched alkanes of at least 4 members (excludes halogenated alkanes) is 10. The molecule has 2 aliphatic rings. The van der Waals surface area contributed by atoms with Crippen LogP contribution in [0.15, 0.2) is 95.9 Å². The van der Waals surface area contributed by atoms with Crippen molar-refractivity contribution in [3.8, 4) is 0 Å². The molecule has 1 aliphatic heterocycles. The highest BCUT2D eigenvalue weighted by atomic mass is 16.3. The number of hydrogen-bond donors (Lipinski definition) is 1. The second kappa shape index (κ2) is 25.9. The summed E-state index contributed by atoms with van der Waals surface area (Å²) in [7, 11) is 0. The highest BCUT2D eigenvalue weighted by molar-refractivity contribution is 6.39. The van der Waals surface area contributed by atoms with Crippen molar-refractivity contribution >= 4 is 46.7 Å². The number of Topliss-reactive ketones (excluding diaryl/α,β-unsaturated/α-hetero) is 1. The molecule has 2 heterocycles. The second-order valence-corrected chi connectivity index (χ2v) is 17.4. The van der Waals surface area contributed by atoms with E-state index in [1.54, 1.807) is 0 Å². The van der Waals surface area contributed by atoms with Crippen molar-refractivity contribution in [1.82, 2.24) is 4.57 Å². The highest BCUT2D eigenvalue weighted by Crippen LogP contribution is 2.40. The smallest absolute Gasteiger partial charge is 0.221 e. The third-order valence-corrected chi connectivity index (χ3v) is 12.5. The number of aromatic nitrogens is 1. The quantitative estimate of drug-likeness (QED) is 0.0430. The average molecular weight is 840 g/mol. The van der Waals surface area contributed by atoms with E-state index in [0.29, 0.717) is 11.1 Å². The highest BCUT2D eigenvalue weighted by Gasteiger charge is 2.43. The molecule has 5 rings (SSSR count). The molecular formula is C56H79N4O2+. The lowest BCUT2D eigenvalue weighted by molar-refractivity contribution is -0.469. The SMILES string of the molecule is CCCCCCn1c(/C=C/c2ccc(N(CCCC)CCCC)cc2)ccc1C1=C(O)/C(=C2/C=CC(/C=C/c3ccc(N(CCCC)CCCC)cc3)=[N+]2CCCCCC)C1=O. The van der Waals surface area contributed by atoms with Crippen molar-refractivity contribution in [2.45, 2.75) is 151 Å². The Bertz CT molecular complexity index is 2020. The van der Waals surface area contributed by atoms with Crippen LogP contribution < -0.4 is 9.80 Å². The molecular weight excluding hydrogens is 761 g/mol. The first-order valence-electron chi connectivity index (χ1n) is 24.7. The lowest BCUT2D eigenvalue weighted by atomic mass is 9.84. The molecule has 0 fully saturated rings. The lowest BCUT2D eigenvalue weighted by Crippen LogP contribution is -2.28. The third kappa shape index (κ3) is 13.1. The number of hydrogen-bond acceptors (Lipinski definition) is 4. The van der Waals surface area contributed by atoms with Gasteiger partial charge in [0, 0.05) is 74.4 Å². The number of aliphatic hydroxyl groups excluding tert-OH is 1. The van der Waals surface area contributed by atoms with Crippen molar-refractivity contribution in [1.29, 1.82) is 0 Å². The van der Waals surface area contributed by atoms with E-state index in [-0.39, 0.29) is 11.5 Å². The monoisotopic (exact) mass is 840 g/mol. The molecule has 0 amide bonds. The normalized spacial score (nSPS) is 15.3. The maximum absolute atomic E-state index is 14.3. The summed E-state index contributed by atoms with van der Waals surface area (Å²) >= 11 is 0. The van der Waals surface area contributed by atoms with Gasteiger partial charge in [0.15, 0.2) is 0 Å². The summed E-state index contributed by atoms with van der Waals surface area (Å²) in [5.41, 5.74) is 9.43. The Hall–Kier alpha value is -4.84. The van der Waals surface area contributed by atoms with Gasteiger partial charge in [0.2, 0.25) is 17.2 Å². The van der Waals surface area contributed by atoms with Gasteiger partial charge in [-0.3, -0.25) is 4.79 Å². The summed E-state index contributed by atoms with van der Waals surface area (Å²) in [6.07, 6.45) is 31.4. The molecule has 0 saturated heterocycles. The van der Waals surface area contributed by atoms with Gasteiger partial charge in [-0.05, 0) is 98.2 Å². The van der Waals surface area contributed by atoms with Gasteiger partial charge in [0.05, 0.1) is 11.3 Å². The number of benzene rings is 2. The molecule has 2 aromatic carbocycles. The largest absolute Gasteiger partial charge is 0.506 e. The number of rotatable bonds is 29. The first-order valence-corrected chi connectivity index (χ1v) is 24.7. The number of nitrogens with zero attached hydrogens (tertiary/aromatic N) is 4. The zero-order valence-corrected chi connectivity index (χ0v) is 39.4. The molecule has 0 saturated carbocycles. The zero-order valence-electron chi connectivity index (χ0n) is 39.4. The molecule has 3 aromatic rings. The van der Waals surface area contributed by atoms with E-state index in [1.165, 1.54) is 75.6 Å². The minimum Gasteiger partial charge on any atom is -0.506 e. The van der Waals surface area contributed by atoms with Gasteiger partial charge in [-0.2, -0.15) is 4.58 Å². The second-order valence-electron chi connectivity index (χ2n) is 17.4. The van der Waals surface area contributed by atoms with Gasteiger partial charge in [-0.25, -0.2) is 0 Å². The van der Waals surface area contributed by atoms with Crippen LogP contribution in [0.2, 0.25) is 0 Å². The molecule has 1 aliphatic carbocycles. The zero-order chi connectivity index (χ0) is 44.1. The van der Waals surface area contributed by atoms with Crippen molar-refractivity contribution in [3.63, 3.8) is 0 Å². The average Bonchev–Trinajstić information content (AvgIpc) is 3.88. The Balaban J connectivity index is 1.42. The van der Waals surface area contributed by atoms with Crippen LogP contribution in [0.3, 0.4) is 0 Å². The number of anilines is 2. The van der Waals surface area contributed by atoms with Crippen molar-refractivity contribution in [3.05, 3.63) is 118 Å². The predicted molar refractivity (Wildman–Crippen MR) is 268 cm³/mol. The molecule has 0 unspecified atom stereocenters. The predicted octanol–water partition coefficient (Wildman–Crippen LogP) is 14.5. The summed E-state index contributed by atoms with van der Waals surface area (Å²) < 4.78 is 4.49. The Morgan fingerprint density at radius 3 is 1.53 bits per heavy atom.